The monoisotopic (exact) mass is 481 g/mol. The molecule has 0 saturated carbocycles. The Bertz CT molecular complexity index is 649. The van der Waals surface area contributed by atoms with Gasteiger partial charge in [-0.1, -0.05) is 90.8 Å². The van der Waals surface area contributed by atoms with Crippen LogP contribution < -0.4 is 4.90 Å². The quantitative estimate of drug-likeness (QED) is 0.122. The highest BCUT2D eigenvalue weighted by Crippen LogP contribution is 2.50. The Hall–Kier alpha value is -1.40. The predicted octanol–water partition coefficient (Wildman–Crippen LogP) is 9.57. The topological polar surface area (TPSA) is 3.24 Å². The Kier molecular flexibility index (Phi) is 12.1. The number of para-hydroxylation sites is 1. The van der Waals surface area contributed by atoms with E-state index in [0.29, 0.717) is 25.2 Å². The van der Waals surface area contributed by atoms with Crippen LogP contribution in [0.2, 0.25) is 0 Å². The van der Waals surface area contributed by atoms with E-state index in [0.717, 1.165) is 32.1 Å². The molecule has 0 amide bonds. The molecule has 0 bridgehead atoms. The number of nitrogens with zero attached hydrogens (tertiary/aromatic N) is 1. The van der Waals surface area contributed by atoms with Crippen molar-refractivity contribution in [1.29, 1.82) is 0 Å². The van der Waals surface area contributed by atoms with Crippen molar-refractivity contribution in [2.45, 2.75) is 110 Å². The lowest BCUT2D eigenvalue weighted by Crippen LogP contribution is -2.63. The molecule has 33 heavy (non-hydrogen) atoms. The summed E-state index contributed by atoms with van der Waals surface area (Å²) in [4.78, 5) is 0.193. The van der Waals surface area contributed by atoms with Crippen molar-refractivity contribution in [3.8, 4) is 0 Å². The second-order valence-corrected chi connectivity index (χ2v) is 9.32. The summed E-state index contributed by atoms with van der Waals surface area (Å²) in [5.74, 6) is -10.2. The van der Waals surface area contributed by atoms with Gasteiger partial charge in [0, 0.05) is 18.7 Å². The highest BCUT2D eigenvalue weighted by atomic mass is 19.3. The molecule has 1 nitrogen and oxygen atoms in total. The molecule has 2 atom stereocenters. The van der Waals surface area contributed by atoms with Crippen LogP contribution in [0.15, 0.2) is 30.3 Å². The summed E-state index contributed by atoms with van der Waals surface area (Å²) in [6.07, 6.45) is 4.51. The Morgan fingerprint density at radius 1 is 0.788 bits per heavy atom. The molecular weight excluding hydrogens is 440 g/mol. The normalized spacial score (nSPS) is 14.8. The maximum Gasteiger partial charge on any atom is 0.395 e. The van der Waals surface area contributed by atoms with Gasteiger partial charge >= 0.3 is 17.9 Å². The summed E-state index contributed by atoms with van der Waals surface area (Å²) >= 11 is 0. The zero-order valence-electron chi connectivity index (χ0n) is 20.5. The van der Waals surface area contributed by atoms with Gasteiger partial charge in [-0.05, 0) is 36.8 Å². The SMILES string of the molecule is CCCCCCC(F)(F)C(F)(F)C(F)(F)N(CC(C)CCC(CC)CCC)c1ccccc1. The fourth-order valence-corrected chi connectivity index (χ4v) is 4.19. The number of benzene rings is 1. The molecule has 0 aliphatic carbocycles. The van der Waals surface area contributed by atoms with Crippen LogP contribution in [0.25, 0.3) is 0 Å². The van der Waals surface area contributed by atoms with Crippen molar-refractivity contribution in [3.63, 3.8) is 0 Å². The third-order valence-electron chi connectivity index (χ3n) is 6.42. The first kappa shape index (κ1) is 29.6. The fraction of sp³-hybridized carbons (Fsp3) is 0.769. The number of anilines is 1. The largest absolute Gasteiger partial charge is 0.395 e. The zero-order valence-corrected chi connectivity index (χ0v) is 20.5. The summed E-state index contributed by atoms with van der Waals surface area (Å²) in [6, 6.07) is 1.95. The van der Waals surface area contributed by atoms with Crippen LogP contribution in [0, 0.1) is 11.8 Å². The van der Waals surface area contributed by atoms with Crippen LogP contribution in [-0.2, 0) is 0 Å². The van der Waals surface area contributed by atoms with E-state index in [1.54, 1.807) is 13.0 Å². The molecule has 2 unspecified atom stereocenters. The fourth-order valence-electron chi connectivity index (χ4n) is 4.19. The minimum absolute atomic E-state index is 0.184. The Balaban J connectivity index is 3.11. The average Bonchev–Trinajstić information content (AvgIpc) is 2.78. The van der Waals surface area contributed by atoms with Crippen molar-refractivity contribution < 1.29 is 26.3 Å². The van der Waals surface area contributed by atoms with Crippen LogP contribution in [-0.4, -0.2) is 24.4 Å². The molecule has 1 aromatic rings. The number of rotatable bonds is 17. The van der Waals surface area contributed by atoms with E-state index in [4.69, 9.17) is 0 Å². The Morgan fingerprint density at radius 3 is 1.97 bits per heavy atom. The minimum Gasteiger partial charge on any atom is -0.308 e. The van der Waals surface area contributed by atoms with E-state index < -0.39 is 30.9 Å². The van der Waals surface area contributed by atoms with E-state index in [-0.39, 0.29) is 22.9 Å². The first-order valence-electron chi connectivity index (χ1n) is 12.4. The summed E-state index contributed by atoms with van der Waals surface area (Å²) < 4.78 is 89.1. The van der Waals surface area contributed by atoms with Gasteiger partial charge in [0.25, 0.3) is 0 Å². The first-order chi connectivity index (χ1) is 15.4. The summed E-state index contributed by atoms with van der Waals surface area (Å²) in [5.41, 5.74) is -0.184. The first-order valence-corrected chi connectivity index (χ1v) is 12.4. The van der Waals surface area contributed by atoms with Gasteiger partial charge in [0.1, 0.15) is 0 Å². The molecule has 0 aliphatic rings. The van der Waals surface area contributed by atoms with Crippen molar-refractivity contribution >= 4 is 5.69 Å². The van der Waals surface area contributed by atoms with E-state index >= 15 is 8.78 Å². The summed E-state index contributed by atoms with van der Waals surface area (Å²) in [5, 5.41) is 0. The molecular formula is C26H41F6N. The lowest BCUT2D eigenvalue weighted by molar-refractivity contribution is -0.310. The van der Waals surface area contributed by atoms with Crippen molar-refractivity contribution in [2.75, 3.05) is 11.4 Å². The van der Waals surface area contributed by atoms with E-state index in [9.17, 15) is 17.6 Å². The van der Waals surface area contributed by atoms with Gasteiger partial charge in [-0.15, -0.1) is 0 Å². The molecule has 0 aliphatic heterocycles. The Labute approximate surface area is 195 Å². The van der Waals surface area contributed by atoms with Gasteiger partial charge in [-0.2, -0.15) is 26.3 Å². The molecule has 192 valence electrons. The smallest absolute Gasteiger partial charge is 0.308 e. The zero-order chi connectivity index (χ0) is 25.1. The number of hydrogen-bond acceptors (Lipinski definition) is 1. The molecule has 7 heteroatoms. The molecule has 1 rings (SSSR count). The third kappa shape index (κ3) is 8.10. The highest BCUT2D eigenvalue weighted by molar-refractivity contribution is 5.48. The maximum atomic E-state index is 15.3. The molecule has 0 saturated heterocycles. The average molecular weight is 482 g/mol. The van der Waals surface area contributed by atoms with Gasteiger partial charge in [-0.3, -0.25) is 0 Å². The maximum absolute atomic E-state index is 15.3. The molecule has 0 heterocycles. The third-order valence-corrected chi connectivity index (χ3v) is 6.42. The van der Waals surface area contributed by atoms with Crippen molar-refractivity contribution in [3.05, 3.63) is 30.3 Å². The standard InChI is InChI=1S/C26H41F6N/c1-5-8-9-13-19-24(27,28)25(29,30)26(31,32)33(23-15-11-10-12-16-23)20-21(4)17-18-22(7-3)14-6-2/h10-12,15-16,21-22H,5-9,13-14,17-20H2,1-4H3. The molecule has 0 aromatic heterocycles. The van der Waals surface area contributed by atoms with Gasteiger partial charge in [0.15, 0.2) is 0 Å². The molecule has 0 spiro atoms. The lowest BCUT2D eigenvalue weighted by atomic mass is 9.91. The van der Waals surface area contributed by atoms with E-state index in [1.807, 2.05) is 6.92 Å². The predicted molar refractivity (Wildman–Crippen MR) is 124 cm³/mol. The second-order valence-electron chi connectivity index (χ2n) is 9.32. The summed E-state index contributed by atoms with van der Waals surface area (Å²) in [6.45, 7) is 7.28. The van der Waals surface area contributed by atoms with Crippen LogP contribution in [0.5, 0.6) is 0 Å². The van der Waals surface area contributed by atoms with E-state index in [1.165, 1.54) is 24.3 Å². The van der Waals surface area contributed by atoms with E-state index in [2.05, 4.69) is 13.8 Å². The highest BCUT2D eigenvalue weighted by Gasteiger charge is 2.73. The Morgan fingerprint density at radius 2 is 1.42 bits per heavy atom. The van der Waals surface area contributed by atoms with Crippen LogP contribution in [0.3, 0.4) is 0 Å². The molecule has 1 aromatic carbocycles. The molecule has 0 radical (unpaired) electrons. The number of hydrogen-bond donors (Lipinski definition) is 0. The lowest BCUT2D eigenvalue weighted by Gasteiger charge is -2.41. The van der Waals surface area contributed by atoms with Gasteiger partial charge in [-0.25, -0.2) is 0 Å². The minimum atomic E-state index is -5.50. The second kappa shape index (κ2) is 13.5. The van der Waals surface area contributed by atoms with Crippen molar-refractivity contribution in [2.24, 2.45) is 11.8 Å². The number of halogens is 6. The van der Waals surface area contributed by atoms with Crippen LogP contribution >= 0.6 is 0 Å². The van der Waals surface area contributed by atoms with Crippen LogP contribution in [0.1, 0.15) is 91.9 Å². The van der Waals surface area contributed by atoms with Crippen LogP contribution in [0.4, 0.5) is 32.0 Å². The molecule has 0 fully saturated rings. The van der Waals surface area contributed by atoms with Gasteiger partial charge in [0.05, 0.1) is 0 Å². The molecule has 0 N–H and O–H groups in total. The van der Waals surface area contributed by atoms with Gasteiger partial charge in [0.2, 0.25) is 0 Å². The summed E-state index contributed by atoms with van der Waals surface area (Å²) in [7, 11) is 0. The number of alkyl halides is 6. The van der Waals surface area contributed by atoms with Crippen molar-refractivity contribution in [1.82, 2.24) is 0 Å². The van der Waals surface area contributed by atoms with Gasteiger partial charge < -0.3 is 4.90 Å². The number of unbranched alkanes of at least 4 members (excludes halogenated alkanes) is 3.